The maximum absolute atomic E-state index is 5.86. The van der Waals surface area contributed by atoms with Crippen molar-refractivity contribution in [3.63, 3.8) is 0 Å². The molecule has 0 spiro atoms. The van der Waals surface area contributed by atoms with E-state index in [0.29, 0.717) is 6.04 Å². The number of benzene rings is 2. The molecular formula is C17H21BrN2. The third-order valence-corrected chi connectivity index (χ3v) is 3.83. The van der Waals surface area contributed by atoms with Crippen molar-refractivity contribution in [1.82, 2.24) is 4.90 Å². The van der Waals surface area contributed by atoms with E-state index in [9.17, 15) is 0 Å². The molecule has 0 fully saturated rings. The predicted octanol–water partition coefficient (Wildman–Crippen LogP) is 4.44. The minimum atomic E-state index is 0.482. The predicted molar refractivity (Wildman–Crippen MR) is 89.4 cm³/mol. The number of hydrogen-bond acceptors (Lipinski definition) is 2. The van der Waals surface area contributed by atoms with E-state index in [0.717, 1.165) is 23.2 Å². The minimum Gasteiger partial charge on any atom is -0.399 e. The van der Waals surface area contributed by atoms with Crippen LogP contribution >= 0.6 is 15.9 Å². The first-order valence-corrected chi connectivity index (χ1v) is 7.67. The van der Waals surface area contributed by atoms with Crippen LogP contribution in [0.5, 0.6) is 0 Å². The highest BCUT2D eigenvalue weighted by atomic mass is 79.9. The summed E-state index contributed by atoms with van der Waals surface area (Å²) in [4.78, 5) is 2.44. The molecule has 2 nitrogen and oxygen atoms in total. The fraction of sp³-hybridized carbons (Fsp3) is 0.294. The molecule has 106 valence electrons. The number of hydrogen-bond donors (Lipinski definition) is 1. The van der Waals surface area contributed by atoms with Gasteiger partial charge in [0.1, 0.15) is 0 Å². The standard InChI is InChI=1S/C17H21BrN2/c1-13(2)20(11-14-5-3-7-16(18)9-14)12-15-6-4-8-17(19)10-15/h3-10,13H,11-12,19H2,1-2H3. The number of halogens is 1. The molecule has 0 atom stereocenters. The van der Waals surface area contributed by atoms with Crippen LogP contribution in [-0.4, -0.2) is 10.9 Å². The van der Waals surface area contributed by atoms with Gasteiger partial charge < -0.3 is 5.73 Å². The van der Waals surface area contributed by atoms with Crippen LogP contribution in [0.1, 0.15) is 25.0 Å². The molecule has 0 aliphatic rings. The van der Waals surface area contributed by atoms with Gasteiger partial charge in [-0.1, -0.05) is 40.2 Å². The third-order valence-electron chi connectivity index (χ3n) is 3.34. The van der Waals surface area contributed by atoms with E-state index in [2.05, 4.69) is 71.1 Å². The van der Waals surface area contributed by atoms with Crippen molar-refractivity contribution >= 4 is 21.6 Å². The van der Waals surface area contributed by atoms with Gasteiger partial charge in [-0.2, -0.15) is 0 Å². The molecule has 0 bridgehead atoms. The normalized spacial score (nSPS) is 11.2. The molecule has 0 heterocycles. The first kappa shape index (κ1) is 15.1. The molecule has 0 saturated carbocycles. The lowest BCUT2D eigenvalue weighted by Gasteiger charge is -2.27. The summed E-state index contributed by atoms with van der Waals surface area (Å²) in [5.41, 5.74) is 9.26. The summed E-state index contributed by atoms with van der Waals surface area (Å²) in [7, 11) is 0. The second kappa shape index (κ2) is 6.91. The van der Waals surface area contributed by atoms with Gasteiger partial charge in [-0.15, -0.1) is 0 Å². The maximum atomic E-state index is 5.86. The van der Waals surface area contributed by atoms with Gasteiger partial charge in [0.2, 0.25) is 0 Å². The van der Waals surface area contributed by atoms with Gasteiger partial charge in [-0.05, 0) is 49.2 Å². The van der Waals surface area contributed by atoms with E-state index >= 15 is 0 Å². The summed E-state index contributed by atoms with van der Waals surface area (Å²) >= 11 is 3.53. The molecule has 0 radical (unpaired) electrons. The zero-order chi connectivity index (χ0) is 14.5. The Labute approximate surface area is 129 Å². The number of nitrogens with two attached hydrogens (primary N) is 1. The van der Waals surface area contributed by atoms with E-state index < -0.39 is 0 Å². The van der Waals surface area contributed by atoms with Crippen LogP contribution in [-0.2, 0) is 13.1 Å². The van der Waals surface area contributed by atoms with Crippen molar-refractivity contribution in [2.24, 2.45) is 0 Å². The van der Waals surface area contributed by atoms with Crippen molar-refractivity contribution in [3.8, 4) is 0 Å². The molecule has 0 unspecified atom stereocenters. The summed E-state index contributed by atoms with van der Waals surface area (Å²) < 4.78 is 1.13. The second-order valence-electron chi connectivity index (χ2n) is 5.37. The quantitative estimate of drug-likeness (QED) is 0.820. The lowest BCUT2D eigenvalue weighted by Crippen LogP contribution is -2.29. The fourth-order valence-electron chi connectivity index (χ4n) is 2.22. The average molecular weight is 333 g/mol. The van der Waals surface area contributed by atoms with Crippen molar-refractivity contribution in [1.29, 1.82) is 0 Å². The summed E-state index contributed by atoms with van der Waals surface area (Å²) in [6, 6.07) is 17.1. The number of rotatable bonds is 5. The van der Waals surface area contributed by atoms with Gasteiger partial charge in [0, 0.05) is 29.3 Å². The topological polar surface area (TPSA) is 29.3 Å². The Balaban J connectivity index is 2.11. The van der Waals surface area contributed by atoms with Crippen molar-refractivity contribution in [2.45, 2.75) is 33.0 Å². The third kappa shape index (κ3) is 4.36. The van der Waals surface area contributed by atoms with E-state index in [1.54, 1.807) is 0 Å². The van der Waals surface area contributed by atoms with Crippen LogP contribution in [0.2, 0.25) is 0 Å². The van der Waals surface area contributed by atoms with Gasteiger partial charge in [-0.3, -0.25) is 4.90 Å². The van der Waals surface area contributed by atoms with E-state index in [4.69, 9.17) is 5.73 Å². The van der Waals surface area contributed by atoms with Crippen LogP contribution in [0.25, 0.3) is 0 Å². The molecule has 0 aliphatic heterocycles. The van der Waals surface area contributed by atoms with Crippen LogP contribution in [0.15, 0.2) is 53.0 Å². The molecule has 2 rings (SSSR count). The highest BCUT2D eigenvalue weighted by molar-refractivity contribution is 9.10. The average Bonchev–Trinajstić information content (AvgIpc) is 2.38. The Hall–Kier alpha value is -1.32. The van der Waals surface area contributed by atoms with Crippen LogP contribution in [0.3, 0.4) is 0 Å². The van der Waals surface area contributed by atoms with Crippen molar-refractivity contribution < 1.29 is 0 Å². The Morgan fingerprint density at radius 3 is 2.15 bits per heavy atom. The first-order valence-electron chi connectivity index (χ1n) is 6.87. The summed E-state index contributed by atoms with van der Waals surface area (Å²) in [5, 5.41) is 0. The van der Waals surface area contributed by atoms with Crippen LogP contribution in [0, 0.1) is 0 Å². The Morgan fingerprint density at radius 1 is 1.00 bits per heavy atom. The maximum Gasteiger partial charge on any atom is 0.0317 e. The van der Waals surface area contributed by atoms with Crippen molar-refractivity contribution in [3.05, 3.63) is 64.1 Å². The molecule has 2 N–H and O–H groups in total. The number of nitrogen functional groups attached to an aromatic ring is 1. The molecule has 0 aromatic heterocycles. The second-order valence-corrected chi connectivity index (χ2v) is 6.29. The smallest absolute Gasteiger partial charge is 0.0317 e. The highest BCUT2D eigenvalue weighted by Gasteiger charge is 2.11. The molecule has 0 amide bonds. The molecule has 0 aliphatic carbocycles. The molecule has 3 heteroatoms. The van der Waals surface area contributed by atoms with Gasteiger partial charge in [0.15, 0.2) is 0 Å². The van der Waals surface area contributed by atoms with Gasteiger partial charge >= 0.3 is 0 Å². The molecule has 2 aromatic rings. The monoisotopic (exact) mass is 332 g/mol. The number of nitrogens with zero attached hydrogens (tertiary/aromatic N) is 1. The number of anilines is 1. The zero-order valence-corrected chi connectivity index (χ0v) is 13.6. The minimum absolute atomic E-state index is 0.482. The summed E-state index contributed by atoms with van der Waals surface area (Å²) in [5.74, 6) is 0. The molecule has 2 aromatic carbocycles. The first-order chi connectivity index (χ1) is 9.54. The van der Waals surface area contributed by atoms with Crippen molar-refractivity contribution in [2.75, 3.05) is 5.73 Å². The summed E-state index contributed by atoms with van der Waals surface area (Å²) in [6.07, 6.45) is 0. The molecular weight excluding hydrogens is 312 g/mol. The SMILES string of the molecule is CC(C)N(Cc1cccc(N)c1)Cc1cccc(Br)c1. The molecule has 20 heavy (non-hydrogen) atoms. The van der Waals surface area contributed by atoms with E-state index in [1.807, 2.05) is 12.1 Å². The largest absolute Gasteiger partial charge is 0.399 e. The van der Waals surface area contributed by atoms with Crippen LogP contribution < -0.4 is 5.73 Å². The molecule has 0 saturated heterocycles. The Bertz CT molecular complexity index is 519. The van der Waals surface area contributed by atoms with Gasteiger partial charge in [0.25, 0.3) is 0 Å². The van der Waals surface area contributed by atoms with Gasteiger partial charge in [-0.25, -0.2) is 0 Å². The van der Waals surface area contributed by atoms with E-state index in [1.165, 1.54) is 11.1 Å². The Morgan fingerprint density at radius 2 is 1.60 bits per heavy atom. The summed E-state index contributed by atoms with van der Waals surface area (Å²) in [6.45, 7) is 6.30. The van der Waals surface area contributed by atoms with E-state index in [-0.39, 0.29) is 0 Å². The lowest BCUT2D eigenvalue weighted by molar-refractivity contribution is 0.203. The lowest BCUT2D eigenvalue weighted by atomic mass is 10.1. The van der Waals surface area contributed by atoms with Gasteiger partial charge in [0.05, 0.1) is 0 Å². The zero-order valence-electron chi connectivity index (χ0n) is 12.0. The highest BCUT2D eigenvalue weighted by Crippen LogP contribution is 2.17. The Kier molecular flexibility index (Phi) is 5.21. The van der Waals surface area contributed by atoms with Crippen LogP contribution in [0.4, 0.5) is 5.69 Å². The fourth-order valence-corrected chi connectivity index (χ4v) is 2.66.